The maximum absolute atomic E-state index is 12.1. The van der Waals surface area contributed by atoms with Crippen molar-refractivity contribution >= 4 is 18.3 Å². The molecule has 5 heteroatoms. The van der Waals surface area contributed by atoms with Gasteiger partial charge in [0.1, 0.15) is 6.10 Å². The van der Waals surface area contributed by atoms with Gasteiger partial charge in [-0.1, -0.05) is 29.3 Å². The fourth-order valence-corrected chi connectivity index (χ4v) is 2.38. The molecule has 2 N–H and O–H groups in total. The summed E-state index contributed by atoms with van der Waals surface area (Å²) in [5, 5.41) is 6.18. The Morgan fingerprint density at radius 1 is 1.35 bits per heavy atom. The second-order valence-electron chi connectivity index (χ2n) is 5.21. The van der Waals surface area contributed by atoms with Crippen LogP contribution in [0.3, 0.4) is 0 Å². The summed E-state index contributed by atoms with van der Waals surface area (Å²) in [5.74, 6) is -0.0427. The molecule has 0 aromatic heterocycles. The lowest BCUT2D eigenvalue weighted by Gasteiger charge is -2.25. The van der Waals surface area contributed by atoms with Gasteiger partial charge in [-0.15, -0.1) is 12.4 Å². The van der Waals surface area contributed by atoms with Gasteiger partial charge >= 0.3 is 0 Å². The van der Waals surface area contributed by atoms with E-state index in [1.54, 1.807) is 0 Å². The summed E-state index contributed by atoms with van der Waals surface area (Å²) in [6.45, 7) is 8.14. The zero-order valence-electron chi connectivity index (χ0n) is 12.2. The molecule has 1 amide bonds. The predicted octanol–water partition coefficient (Wildman–Crippen LogP) is 1.89. The smallest absolute Gasteiger partial charge is 0.250 e. The molecule has 1 fully saturated rings. The van der Waals surface area contributed by atoms with Crippen molar-refractivity contribution in [1.82, 2.24) is 10.6 Å². The van der Waals surface area contributed by atoms with Crippen LogP contribution in [-0.4, -0.2) is 31.7 Å². The summed E-state index contributed by atoms with van der Waals surface area (Å²) in [5.41, 5.74) is 3.56. The van der Waals surface area contributed by atoms with Gasteiger partial charge in [0, 0.05) is 13.1 Å². The van der Waals surface area contributed by atoms with Gasteiger partial charge in [0.25, 0.3) is 5.91 Å². The number of hydrogen-bond donors (Lipinski definition) is 2. The van der Waals surface area contributed by atoms with Crippen LogP contribution in [0.5, 0.6) is 0 Å². The van der Waals surface area contributed by atoms with Crippen molar-refractivity contribution in [3.8, 4) is 0 Å². The van der Waals surface area contributed by atoms with Crippen molar-refractivity contribution in [2.45, 2.75) is 32.9 Å². The highest BCUT2D eigenvalue weighted by atomic mass is 35.5. The van der Waals surface area contributed by atoms with E-state index in [-0.39, 0.29) is 30.5 Å². The molecule has 1 saturated heterocycles. The molecule has 1 heterocycles. The van der Waals surface area contributed by atoms with E-state index in [0.29, 0.717) is 13.2 Å². The van der Waals surface area contributed by atoms with Crippen LogP contribution in [0.4, 0.5) is 0 Å². The van der Waals surface area contributed by atoms with E-state index in [1.165, 1.54) is 11.1 Å². The molecule has 0 radical (unpaired) electrons. The zero-order valence-corrected chi connectivity index (χ0v) is 13.0. The van der Waals surface area contributed by atoms with Crippen LogP contribution in [-0.2, 0) is 9.53 Å². The second kappa shape index (κ2) is 7.62. The van der Waals surface area contributed by atoms with Gasteiger partial charge < -0.3 is 15.4 Å². The number of carbonyl (C=O) groups excluding carboxylic acids is 1. The maximum Gasteiger partial charge on any atom is 0.250 e. The molecule has 0 spiro atoms. The monoisotopic (exact) mass is 298 g/mol. The predicted molar refractivity (Wildman–Crippen MR) is 82.3 cm³/mol. The number of carbonyl (C=O) groups is 1. The number of nitrogens with one attached hydrogen (secondary N) is 2. The van der Waals surface area contributed by atoms with E-state index in [9.17, 15) is 4.79 Å². The van der Waals surface area contributed by atoms with E-state index in [2.05, 4.69) is 42.7 Å². The molecule has 0 saturated carbocycles. The minimum absolute atomic E-state index is 0. The molecule has 2 atom stereocenters. The Hall–Kier alpha value is -1.10. The first-order chi connectivity index (χ1) is 9.06. The SMILES string of the molecule is Cc1cc(C)cc(C(C)NC(=O)C2CNCCO2)c1.Cl. The summed E-state index contributed by atoms with van der Waals surface area (Å²) in [4.78, 5) is 12.1. The number of amides is 1. The second-order valence-corrected chi connectivity index (χ2v) is 5.21. The highest BCUT2D eigenvalue weighted by Gasteiger charge is 2.23. The standard InChI is InChI=1S/C15H22N2O2.ClH/c1-10-6-11(2)8-13(7-10)12(3)17-15(18)14-9-16-4-5-19-14;/h6-8,12,14,16H,4-5,9H2,1-3H3,(H,17,18);1H. The number of morpholine rings is 1. The fourth-order valence-electron chi connectivity index (χ4n) is 2.38. The molecule has 4 nitrogen and oxygen atoms in total. The summed E-state index contributed by atoms with van der Waals surface area (Å²) in [7, 11) is 0. The number of hydrogen-bond acceptors (Lipinski definition) is 3. The third-order valence-electron chi connectivity index (χ3n) is 3.32. The average Bonchev–Trinajstić information content (AvgIpc) is 2.38. The zero-order chi connectivity index (χ0) is 13.8. The molecule has 112 valence electrons. The van der Waals surface area contributed by atoms with Gasteiger partial charge in [-0.05, 0) is 26.3 Å². The summed E-state index contributed by atoms with van der Waals surface area (Å²) in [6.07, 6.45) is -0.373. The van der Waals surface area contributed by atoms with Crippen LogP contribution in [0.25, 0.3) is 0 Å². The van der Waals surface area contributed by atoms with Crippen molar-refractivity contribution < 1.29 is 9.53 Å². The molecule has 0 aliphatic carbocycles. The first kappa shape index (κ1) is 17.0. The van der Waals surface area contributed by atoms with Crippen molar-refractivity contribution in [3.63, 3.8) is 0 Å². The normalized spacial score (nSPS) is 19.9. The number of aryl methyl sites for hydroxylation is 2. The molecule has 1 aromatic carbocycles. The summed E-state index contributed by atoms with van der Waals surface area (Å²) in [6, 6.07) is 6.35. The van der Waals surface area contributed by atoms with Crippen LogP contribution in [0.15, 0.2) is 18.2 Å². The minimum Gasteiger partial charge on any atom is -0.366 e. The number of ether oxygens (including phenoxy) is 1. The Morgan fingerprint density at radius 2 is 2.00 bits per heavy atom. The van der Waals surface area contributed by atoms with Crippen molar-refractivity contribution in [2.24, 2.45) is 0 Å². The Balaban J connectivity index is 0.00000200. The first-order valence-electron chi connectivity index (χ1n) is 6.77. The fraction of sp³-hybridized carbons (Fsp3) is 0.533. The van der Waals surface area contributed by atoms with Crippen LogP contribution < -0.4 is 10.6 Å². The molecule has 0 bridgehead atoms. The Bertz CT molecular complexity index is 439. The van der Waals surface area contributed by atoms with E-state index in [1.807, 2.05) is 6.92 Å². The van der Waals surface area contributed by atoms with Crippen LogP contribution >= 0.6 is 12.4 Å². The molecule has 2 unspecified atom stereocenters. The molecular formula is C15H23ClN2O2. The number of benzene rings is 1. The number of rotatable bonds is 3. The lowest BCUT2D eigenvalue weighted by atomic mass is 10.0. The number of halogens is 1. The van der Waals surface area contributed by atoms with Gasteiger partial charge in [0.15, 0.2) is 0 Å². The third kappa shape index (κ3) is 4.47. The third-order valence-corrected chi connectivity index (χ3v) is 3.32. The molecule has 1 aliphatic heterocycles. The first-order valence-corrected chi connectivity index (χ1v) is 6.77. The highest BCUT2D eigenvalue weighted by molar-refractivity contribution is 5.85. The van der Waals surface area contributed by atoms with E-state index >= 15 is 0 Å². The van der Waals surface area contributed by atoms with E-state index in [0.717, 1.165) is 12.1 Å². The van der Waals surface area contributed by atoms with Gasteiger partial charge in [0.2, 0.25) is 0 Å². The van der Waals surface area contributed by atoms with E-state index in [4.69, 9.17) is 4.74 Å². The van der Waals surface area contributed by atoms with Crippen molar-refractivity contribution in [3.05, 3.63) is 34.9 Å². The highest BCUT2D eigenvalue weighted by Crippen LogP contribution is 2.16. The topological polar surface area (TPSA) is 50.4 Å². The molecule has 1 aromatic rings. The van der Waals surface area contributed by atoms with Crippen molar-refractivity contribution in [1.29, 1.82) is 0 Å². The van der Waals surface area contributed by atoms with Crippen LogP contribution in [0.2, 0.25) is 0 Å². The summed E-state index contributed by atoms with van der Waals surface area (Å²) >= 11 is 0. The molecular weight excluding hydrogens is 276 g/mol. The van der Waals surface area contributed by atoms with Crippen molar-refractivity contribution in [2.75, 3.05) is 19.7 Å². The molecule has 1 aliphatic rings. The molecule has 2 rings (SSSR count). The largest absolute Gasteiger partial charge is 0.366 e. The lowest BCUT2D eigenvalue weighted by molar-refractivity contribution is -0.134. The van der Waals surface area contributed by atoms with Gasteiger partial charge in [-0.3, -0.25) is 4.79 Å². The van der Waals surface area contributed by atoms with Gasteiger partial charge in [0.05, 0.1) is 12.6 Å². The molecule has 20 heavy (non-hydrogen) atoms. The van der Waals surface area contributed by atoms with Gasteiger partial charge in [-0.25, -0.2) is 0 Å². The quantitative estimate of drug-likeness (QED) is 0.896. The van der Waals surface area contributed by atoms with Gasteiger partial charge in [-0.2, -0.15) is 0 Å². The Morgan fingerprint density at radius 3 is 2.55 bits per heavy atom. The summed E-state index contributed by atoms with van der Waals surface area (Å²) < 4.78 is 5.45. The Labute approximate surface area is 126 Å². The Kier molecular flexibility index (Phi) is 6.46. The van der Waals surface area contributed by atoms with Crippen LogP contribution in [0.1, 0.15) is 29.7 Å². The minimum atomic E-state index is -0.373. The maximum atomic E-state index is 12.1. The van der Waals surface area contributed by atoms with Crippen LogP contribution in [0, 0.1) is 13.8 Å². The lowest BCUT2D eigenvalue weighted by Crippen LogP contribution is -2.48. The van der Waals surface area contributed by atoms with E-state index < -0.39 is 0 Å². The average molecular weight is 299 g/mol.